The van der Waals surface area contributed by atoms with Crippen LogP contribution in [0.5, 0.6) is 5.75 Å². The smallest absolute Gasteiger partial charge is 0.141 e. The van der Waals surface area contributed by atoms with E-state index in [4.69, 9.17) is 5.73 Å². The number of aliphatic hydroxyl groups is 1. The molecule has 0 aliphatic heterocycles. The van der Waals surface area contributed by atoms with E-state index >= 15 is 0 Å². The molecule has 0 aliphatic rings. The van der Waals surface area contributed by atoms with Gasteiger partial charge in [0.05, 0.1) is 12.3 Å². The highest BCUT2D eigenvalue weighted by Gasteiger charge is 2.18. The molecule has 0 spiro atoms. The number of halogens is 1. The van der Waals surface area contributed by atoms with Gasteiger partial charge >= 0.3 is 0 Å². The molecular formula is C13H23ClN2O2. The van der Waals surface area contributed by atoms with Crippen molar-refractivity contribution in [3.05, 3.63) is 23.0 Å². The molecule has 1 heterocycles. The van der Waals surface area contributed by atoms with Gasteiger partial charge in [-0.3, -0.25) is 4.98 Å². The quantitative estimate of drug-likeness (QED) is 0.770. The second-order valence-electron chi connectivity index (χ2n) is 4.87. The van der Waals surface area contributed by atoms with Crippen LogP contribution in [0.25, 0.3) is 0 Å². The molecule has 18 heavy (non-hydrogen) atoms. The zero-order valence-corrected chi connectivity index (χ0v) is 12.0. The first-order valence-corrected chi connectivity index (χ1v) is 6.01. The fraction of sp³-hybridized carbons (Fsp3) is 0.615. The topological polar surface area (TPSA) is 79.4 Å². The lowest BCUT2D eigenvalue weighted by atomic mass is 9.94. The van der Waals surface area contributed by atoms with Gasteiger partial charge < -0.3 is 15.9 Å². The molecule has 104 valence electrons. The Morgan fingerprint density at radius 1 is 1.33 bits per heavy atom. The Hall–Kier alpha value is -0.840. The number of nitrogens with zero attached hydrogens (tertiary/aromatic N) is 1. The minimum Gasteiger partial charge on any atom is -0.506 e. The molecule has 1 aromatic heterocycles. The monoisotopic (exact) mass is 274 g/mol. The molecule has 0 unspecified atom stereocenters. The molecule has 4 nitrogen and oxygen atoms in total. The van der Waals surface area contributed by atoms with Crippen LogP contribution in [0, 0.1) is 12.8 Å². The summed E-state index contributed by atoms with van der Waals surface area (Å²) in [5.41, 5.74) is 7.90. The van der Waals surface area contributed by atoms with Crippen molar-refractivity contribution < 1.29 is 10.2 Å². The largest absolute Gasteiger partial charge is 0.506 e. The fourth-order valence-electron chi connectivity index (χ4n) is 1.85. The highest BCUT2D eigenvalue weighted by molar-refractivity contribution is 5.85. The van der Waals surface area contributed by atoms with Crippen LogP contribution in [0.1, 0.15) is 49.6 Å². The second kappa shape index (κ2) is 7.56. The normalized spacial score (nSPS) is 12.3. The molecule has 0 amide bonds. The molecule has 1 atom stereocenters. The van der Waals surface area contributed by atoms with Crippen molar-refractivity contribution >= 4 is 12.4 Å². The van der Waals surface area contributed by atoms with Crippen LogP contribution < -0.4 is 5.73 Å². The van der Waals surface area contributed by atoms with Crippen LogP contribution in [0.15, 0.2) is 6.20 Å². The van der Waals surface area contributed by atoms with Gasteiger partial charge in [-0.2, -0.15) is 0 Å². The number of aryl methyl sites for hydroxylation is 1. The van der Waals surface area contributed by atoms with Crippen LogP contribution in [0.2, 0.25) is 0 Å². The minimum absolute atomic E-state index is 0. The van der Waals surface area contributed by atoms with Gasteiger partial charge in [0, 0.05) is 23.4 Å². The third kappa shape index (κ3) is 4.12. The first kappa shape index (κ1) is 17.2. The number of aromatic hydroxyl groups is 1. The summed E-state index contributed by atoms with van der Waals surface area (Å²) in [5.74, 6) is 0.691. The summed E-state index contributed by atoms with van der Waals surface area (Å²) >= 11 is 0. The van der Waals surface area contributed by atoms with Gasteiger partial charge in [0.2, 0.25) is 0 Å². The number of aliphatic hydroxyl groups excluding tert-OH is 1. The summed E-state index contributed by atoms with van der Waals surface area (Å²) in [4.78, 5) is 4.02. The van der Waals surface area contributed by atoms with E-state index in [-0.39, 0.29) is 30.8 Å². The maximum atomic E-state index is 9.99. The van der Waals surface area contributed by atoms with Crippen molar-refractivity contribution in [2.45, 2.75) is 46.3 Å². The second-order valence-corrected chi connectivity index (χ2v) is 4.87. The molecule has 4 N–H and O–H groups in total. The minimum atomic E-state index is -0.249. The van der Waals surface area contributed by atoms with Crippen LogP contribution in [-0.2, 0) is 6.61 Å². The number of nitrogens with two attached hydrogens (primary N) is 1. The van der Waals surface area contributed by atoms with Crippen LogP contribution in [-0.4, -0.2) is 15.2 Å². The van der Waals surface area contributed by atoms with E-state index in [1.807, 2.05) is 0 Å². The van der Waals surface area contributed by atoms with Crippen LogP contribution in [0.4, 0.5) is 0 Å². The van der Waals surface area contributed by atoms with E-state index in [0.29, 0.717) is 22.7 Å². The Morgan fingerprint density at radius 3 is 2.44 bits per heavy atom. The standard InChI is InChI=1S/C13H22N2O2.ClH/c1-8(2)4-5-11(14)12-10(7-16)6-15-9(3)13(12)17;/h6,8,11,16-17H,4-5,7,14H2,1-3H3;1H/t11-;/m1./s1. The van der Waals surface area contributed by atoms with Crippen molar-refractivity contribution in [2.75, 3.05) is 0 Å². The molecule has 0 saturated heterocycles. The molecule has 0 bridgehead atoms. The number of aromatic nitrogens is 1. The summed E-state index contributed by atoms with van der Waals surface area (Å²) in [6.07, 6.45) is 3.37. The van der Waals surface area contributed by atoms with Gasteiger partial charge in [0.25, 0.3) is 0 Å². The lowest BCUT2D eigenvalue weighted by Gasteiger charge is -2.18. The number of hydrogen-bond donors (Lipinski definition) is 3. The number of pyridine rings is 1. The van der Waals surface area contributed by atoms with Gasteiger partial charge in [-0.05, 0) is 25.7 Å². The van der Waals surface area contributed by atoms with E-state index in [1.54, 1.807) is 13.1 Å². The molecular weight excluding hydrogens is 252 g/mol. The van der Waals surface area contributed by atoms with Crippen molar-refractivity contribution in [1.82, 2.24) is 4.98 Å². The lowest BCUT2D eigenvalue weighted by Crippen LogP contribution is -2.15. The lowest BCUT2D eigenvalue weighted by molar-refractivity contribution is 0.277. The van der Waals surface area contributed by atoms with Crippen molar-refractivity contribution in [1.29, 1.82) is 0 Å². The predicted octanol–water partition coefficient (Wildman–Crippen LogP) is 2.45. The Bertz CT molecular complexity index is 383. The Kier molecular flexibility index (Phi) is 7.21. The molecule has 0 radical (unpaired) electrons. The van der Waals surface area contributed by atoms with Crippen LogP contribution >= 0.6 is 12.4 Å². The van der Waals surface area contributed by atoms with Gasteiger partial charge in [-0.1, -0.05) is 13.8 Å². The highest BCUT2D eigenvalue weighted by atomic mass is 35.5. The number of hydrogen-bond acceptors (Lipinski definition) is 4. The molecule has 5 heteroatoms. The molecule has 1 rings (SSSR count). The van der Waals surface area contributed by atoms with Crippen molar-refractivity contribution in [3.63, 3.8) is 0 Å². The molecule has 0 saturated carbocycles. The third-order valence-corrected chi connectivity index (χ3v) is 2.95. The van der Waals surface area contributed by atoms with Gasteiger partial charge in [0.15, 0.2) is 0 Å². The van der Waals surface area contributed by atoms with Gasteiger partial charge in [0.1, 0.15) is 5.75 Å². The average molecular weight is 275 g/mol. The maximum absolute atomic E-state index is 9.99. The first-order valence-electron chi connectivity index (χ1n) is 6.01. The maximum Gasteiger partial charge on any atom is 0.141 e. The first-order chi connectivity index (χ1) is 7.97. The van der Waals surface area contributed by atoms with E-state index in [1.165, 1.54) is 0 Å². The van der Waals surface area contributed by atoms with E-state index < -0.39 is 0 Å². The van der Waals surface area contributed by atoms with Gasteiger partial charge in [-0.15, -0.1) is 12.4 Å². The number of rotatable bonds is 5. The zero-order valence-electron chi connectivity index (χ0n) is 11.2. The van der Waals surface area contributed by atoms with E-state index in [9.17, 15) is 10.2 Å². The van der Waals surface area contributed by atoms with E-state index in [0.717, 1.165) is 12.8 Å². The highest BCUT2D eigenvalue weighted by Crippen LogP contribution is 2.31. The van der Waals surface area contributed by atoms with Crippen molar-refractivity contribution in [2.24, 2.45) is 11.7 Å². The Labute approximate surface area is 115 Å². The Morgan fingerprint density at radius 2 is 1.94 bits per heavy atom. The molecule has 0 fully saturated rings. The summed E-state index contributed by atoms with van der Waals surface area (Å²) < 4.78 is 0. The summed E-state index contributed by atoms with van der Waals surface area (Å²) in [6, 6.07) is -0.249. The Balaban J connectivity index is 0.00000289. The molecule has 1 aromatic rings. The van der Waals surface area contributed by atoms with Crippen LogP contribution in [0.3, 0.4) is 0 Å². The summed E-state index contributed by atoms with van der Waals surface area (Å²) in [7, 11) is 0. The summed E-state index contributed by atoms with van der Waals surface area (Å²) in [6.45, 7) is 5.86. The molecule has 0 aliphatic carbocycles. The summed E-state index contributed by atoms with van der Waals surface area (Å²) in [5, 5.41) is 19.2. The van der Waals surface area contributed by atoms with E-state index in [2.05, 4.69) is 18.8 Å². The third-order valence-electron chi connectivity index (χ3n) is 2.95. The molecule has 0 aromatic carbocycles. The van der Waals surface area contributed by atoms with Crippen molar-refractivity contribution in [3.8, 4) is 5.75 Å². The fourth-order valence-corrected chi connectivity index (χ4v) is 1.85. The zero-order chi connectivity index (χ0) is 13.0. The average Bonchev–Trinajstić information content (AvgIpc) is 2.29. The van der Waals surface area contributed by atoms with Gasteiger partial charge in [-0.25, -0.2) is 0 Å². The SMILES string of the molecule is Cc1ncc(CO)c([C@H](N)CCC(C)C)c1O.Cl. The predicted molar refractivity (Wildman–Crippen MR) is 74.8 cm³/mol.